The normalized spacial score (nSPS) is 12.0. The third-order valence-corrected chi connectivity index (χ3v) is 5.13. The van der Waals surface area contributed by atoms with E-state index in [1.54, 1.807) is 36.4 Å². The molecule has 0 aliphatic heterocycles. The van der Waals surface area contributed by atoms with Crippen LogP contribution in [0, 0.1) is 11.7 Å². The molecule has 0 aliphatic carbocycles. The molecule has 1 atom stereocenters. The molecule has 0 fully saturated rings. The molecule has 0 radical (unpaired) electrons. The summed E-state index contributed by atoms with van der Waals surface area (Å²) in [6, 6.07) is 12.4. The zero-order valence-corrected chi connectivity index (χ0v) is 20.1. The van der Waals surface area contributed by atoms with E-state index in [1.165, 1.54) is 38.7 Å². The van der Waals surface area contributed by atoms with Crippen molar-refractivity contribution in [2.75, 3.05) is 0 Å². The van der Waals surface area contributed by atoms with E-state index in [0.717, 1.165) is 36.0 Å². The summed E-state index contributed by atoms with van der Waals surface area (Å²) >= 11 is 0. The SMILES string of the molecule is CC(=O)/C=C/c1ccc(O)cc1.CCCCCc1ccc(C/C=C\C(C)CCC)cc1F. The Morgan fingerprint density at radius 3 is 2.38 bits per heavy atom. The van der Waals surface area contributed by atoms with E-state index in [-0.39, 0.29) is 17.3 Å². The Hall–Kier alpha value is -2.68. The van der Waals surface area contributed by atoms with Gasteiger partial charge in [-0.15, -0.1) is 0 Å². The first-order valence-electron chi connectivity index (χ1n) is 11.8. The van der Waals surface area contributed by atoms with Crippen LogP contribution in [0.25, 0.3) is 6.08 Å². The summed E-state index contributed by atoms with van der Waals surface area (Å²) in [5.41, 5.74) is 2.84. The highest BCUT2D eigenvalue weighted by molar-refractivity contribution is 5.91. The largest absolute Gasteiger partial charge is 0.508 e. The van der Waals surface area contributed by atoms with Crippen LogP contribution in [0.1, 0.15) is 76.5 Å². The summed E-state index contributed by atoms with van der Waals surface area (Å²) < 4.78 is 14.0. The van der Waals surface area contributed by atoms with Gasteiger partial charge < -0.3 is 5.11 Å². The Morgan fingerprint density at radius 1 is 1.06 bits per heavy atom. The molecule has 1 N–H and O–H groups in total. The molecule has 0 aliphatic rings. The number of hydrogen-bond donors (Lipinski definition) is 1. The highest BCUT2D eigenvalue weighted by Gasteiger charge is 2.03. The Labute approximate surface area is 193 Å². The maximum atomic E-state index is 14.0. The van der Waals surface area contributed by atoms with Gasteiger partial charge in [0.15, 0.2) is 5.78 Å². The van der Waals surface area contributed by atoms with Gasteiger partial charge in [0.2, 0.25) is 0 Å². The lowest BCUT2D eigenvalue weighted by atomic mass is 10.0. The number of rotatable bonds is 11. The summed E-state index contributed by atoms with van der Waals surface area (Å²) in [5, 5.41) is 8.94. The lowest BCUT2D eigenvalue weighted by Gasteiger charge is -2.06. The molecule has 2 nitrogen and oxygen atoms in total. The Balaban J connectivity index is 0.000000363. The number of phenols is 1. The van der Waals surface area contributed by atoms with Crippen molar-refractivity contribution in [3.63, 3.8) is 0 Å². The van der Waals surface area contributed by atoms with Crippen molar-refractivity contribution < 1.29 is 14.3 Å². The van der Waals surface area contributed by atoms with Crippen LogP contribution < -0.4 is 0 Å². The molecule has 2 aromatic rings. The number of aryl methyl sites for hydroxylation is 1. The van der Waals surface area contributed by atoms with E-state index < -0.39 is 0 Å². The van der Waals surface area contributed by atoms with Crippen molar-refractivity contribution in [2.45, 2.75) is 72.6 Å². The standard InChI is InChI=1S/C19H29F.C10H10O2/c1-4-6-7-12-18-14-13-17(15-19(18)20)11-8-10-16(3)9-5-2;1-8(11)2-3-9-4-6-10(12)7-5-9/h8,10,13-16H,4-7,9,11-12H2,1-3H3;2-7,12H,1H3/b10-8-;3-2+. The summed E-state index contributed by atoms with van der Waals surface area (Å²) in [6.45, 7) is 8.11. The molecule has 0 heterocycles. The number of hydrogen-bond acceptors (Lipinski definition) is 2. The number of benzene rings is 2. The van der Waals surface area contributed by atoms with Crippen LogP contribution in [0.2, 0.25) is 0 Å². The highest BCUT2D eigenvalue weighted by Crippen LogP contribution is 2.15. The predicted molar refractivity (Wildman–Crippen MR) is 134 cm³/mol. The maximum absolute atomic E-state index is 14.0. The number of carbonyl (C=O) groups is 1. The van der Waals surface area contributed by atoms with E-state index in [1.807, 2.05) is 6.07 Å². The number of carbonyl (C=O) groups excluding carboxylic acids is 1. The van der Waals surface area contributed by atoms with Crippen LogP contribution in [-0.2, 0) is 17.6 Å². The van der Waals surface area contributed by atoms with E-state index in [0.29, 0.717) is 5.92 Å². The molecule has 2 rings (SSSR count). The van der Waals surface area contributed by atoms with Crippen LogP contribution in [0.4, 0.5) is 4.39 Å². The quantitative estimate of drug-likeness (QED) is 0.219. The Morgan fingerprint density at radius 2 is 1.78 bits per heavy atom. The van der Waals surface area contributed by atoms with Gasteiger partial charge >= 0.3 is 0 Å². The number of aromatic hydroxyl groups is 1. The van der Waals surface area contributed by atoms with Crippen LogP contribution in [0.3, 0.4) is 0 Å². The number of halogens is 1. The van der Waals surface area contributed by atoms with E-state index in [9.17, 15) is 9.18 Å². The average molecular weight is 439 g/mol. The Bertz CT molecular complexity index is 850. The lowest BCUT2D eigenvalue weighted by Crippen LogP contribution is -1.94. The summed E-state index contributed by atoms with van der Waals surface area (Å²) in [4.78, 5) is 10.5. The highest BCUT2D eigenvalue weighted by atomic mass is 19.1. The monoisotopic (exact) mass is 438 g/mol. The molecule has 32 heavy (non-hydrogen) atoms. The van der Waals surface area contributed by atoms with E-state index >= 15 is 0 Å². The molecular weight excluding hydrogens is 399 g/mol. The second-order valence-electron chi connectivity index (χ2n) is 8.32. The minimum absolute atomic E-state index is 0.0167. The molecule has 0 saturated carbocycles. The molecule has 0 aromatic heterocycles. The van der Waals surface area contributed by atoms with Crippen molar-refractivity contribution in [3.8, 4) is 5.75 Å². The number of phenolic OH excluding ortho intramolecular Hbond substituents is 1. The van der Waals surface area contributed by atoms with Crippen LogP contribution >= 0.6 is 0 Å². The van der Waals surface area contributed by atoms with Crippen LogP contribution in [0.5, 0.6) is 5.75 Å². The fraction of sp³-hybridized carbons (Fsp3) is 0.414. The molecule has 3 heteroatoms. The molecule has 0 spiro atoms. The average Bonchev–Trinajstić information content (AvgIpc) is 2.75. The van der Waals surface area contributed by atoms with Gasteiger partial charge in [-0.1, -0.05) is 82.5 Å². The van der Waals surface area contributed by atoms with Gasteiger partial charge in [-0.2, -0.15) is 0 Å². The molecule has 2 aromatic carbocycles. The summed E-state index contributed by atoms with van der Waals surface area (Å²) in [5.74, 6) is 0.838. The molecule has 0 amide bonds. The first-order chi connectivity index (χ1) is 15.3. The van der Waals surface area contributed by atoms with Gasteiger partial charge in [-0.3, -0.25) is 4.79 Å². The van der Waals surface area contributed by atoms with Gasteiger partial charge in [-0.05, 0) is 79.5 Å². The van der Waals surface area contributed by atoms with Crippen molar-refractivity contribution >= 4 is 11.9 Å². The smallest absolute Gasteiger partial charge is 0.152 e. The van der Waals surface area contributed by atoms with Crippen LogP contribution in [0.15, 0.2) is 60.7 Å². The number of ketones is 1. The molecular formula is C29H39FO2. The first-order valence-corrected chi connectivity index (χ1v) is 11.8. The molecule has 0 bridgehead atoms. The van der Waals surface area contributed by atoms with Gasteiger partial charge in [0.05, 0.1) is 0 Å². The van der Waals surface area contributed by atoms with Gasteiger partial charge in [0, 0.05) is 0 Å². The third-order valence-electron chi connectivity index (χ3n) is 5.13. The zero-order chi connectivity index (χ0) is 23.8. The van der Waals surface area contributed by atoms with Gasteiger partial charge in [-0.25, -0.2) is 4.39 Å². The van der Waals surface area contributed by atoms with Gasteiger partial charge in [0.25, 0.3) is 0 Å². The number of allylic oxidation sites excluding steroid dienone is 3. The minimum atomic E-state index is -0.0337. The molecule has 1 unspecified atom stereocenters. The zero-order valence-electron chi connectivity index (χ0n) is 20.1. The third kappa shape index (κ3) is 12.2. The van der Waals surface area contributed by atoms with Gasteiger partial charge in [0.1, 0.15) is 11.6 Å². The van der Waals surface area contributed by atoms with E-state index in [2.05, 4.69) is 39.0 Å². The topological polar surface area (TPSA) is 37.3 Å². The van der Waals surface area contributed by atoms with Crippen molar-refractivity contribution in [2.24, 2.45) is 5.92 Å². The predicted octanol–water partition coefficient (Wildman–Crippen LogP) is 8.09. The minimum Gasteiger partial charge on any atom is -0.508 e. The van der Waals surface area contributed by atoms with Crippen molar-refractivity contribution in [1.82, 2.24) is 0 Å². The molecule has 0 saturated heterocycles. The van der Waals surface area contributed by atoms with E-state index in [4.69, 9.17) is 5.11 Å². The number of unbranched alkanes of at least 4 members (excludes halogenated alkanes) is 2. The lowest BCUT2D eigenvalue weighted by molar-refractivity contribution is -0.112. The Kier molecular flexibility index (Phi) is 13.7. The second-order valence-corrected chi connectivity index (χ2v) is 8.32. The van der Waals surface area contributed by atoms with Crippen molar-refractivity contribution in [3.05, 3.63) is 83.2 Å². The summed E-state index contributed by atoms with van der Waals surface area (Å²) in [6.07, 6.45) is 15.2. The first kappa shape index (κ1) is 27.4. The second kappa shape index (κ2) is 16.0. The maximum Gasteiger partial charge on any atom is 0.152 e. The molecule has 174 valence electrons. The van der Waals surface area contributed by atoms with Crippen LogP contribution in [-0.4, -0.2) is 10.9 Å². The summed E-state index contributed by atoms with van der Waals surface area (Å²) in [7, 11) is 0. The fourth-order valence-corrected chi connectivity index (χ4v) is 3.27. The fourth-order valence-electron chi connectivity index (χ4n) is 3.27. The van der Waals surface area contributed by atoms with Crippen molar-refractivity contribution in [1.29, 1.82) is 0 Å².